The summed E-state index contributed by atoms with van der Waals surface area (Å²) in [5.41, 5.74) is 1.62. The van der Waals surface area contributed by atoms with Crippen LogP contribution in [0.3, 0.4) is 0 Å². The zero-order chi connectivity index (χ0) is 9.42. The van der Waals surface area contributed by atoms with Gasteiger partial charge in [0.25, 0.3) is 0 Å². The van der Waals surface area contributed by atoms with Crippen LogP contribution >= 0.6 is 11.6 Å². The lowest BCUT2D eigenvalue weighted by Crippen LogP contribution is -2.16. The molecule has 1 unspecified atom stereocenters. The lowest BCUT2D eigenvalue weighted by molar-refractivity contribution is 0.608. The van der Waals surface area contributed by atoms with Gasteiger partial charge in [-0.1, -0.05) is 18.5 Å². The number of nitrogens with one attached hydrogen (secondary N) is 1. The Morgan fingerprint density at radius 1 is 1.54 bits per heavy atom. The highest BCUT2D eigenvalue weighted by Crippen LogP contribution is 2.35. The van der Waals surface area contributed by atoms with Crippen molar-refractivity contribution in [2.75, 3.05) is 11.9 Å². The topological polar surface area (TPSA) is 12.0 Å². The molecule has 3 heteroatoms. The molecule has 1 aromatic carbocycles. The number of fused-ring (bicyclic) bond motifs is 1. The molecule has 0 radical (unpaired) electrons. The molecule has 1 aromatic rings. The zero-order valence-corrected chi connectivity index (χ0v) is 8.16. The number of rotatable bonds is 0. The molecular formula is C10H11ClFN. The highest BCUT2D eigenvalue weighted by atomic mass is 35.5. The Labute approximate surface area is 81.9 Å². The first-order valence-electron chi connectivity index (χ1n) is 4.41. The van der Waals surface area contributed by atoms with Crippen LogP contribution in [-0.4, -0.2) is 6.54 Å². The van der Waals surface area contributed by atoms with E-state index in [1.807, 2.05) is 6.07 Å². The second kappa shape index (κ2) is 3.18. The third kappa shape index (κ3) is 1.51. The van der Waals surface area contributed by atoms with Gasteiger partial charge in [-0.05, 0) is 30.0 Å². The van der Waals surface area contributed by atoms with Crippen LogP contribution in [0.25, 0.3) is 0 Å². The van der Waals surface area contributed by atoms with Gasteiger partial charge in [-0.3, -0.25) is 0 Å². The van der Waals surface area contributed by atoms with E-state index in [1.54, 1.807) is 0 Å². The van der Waals surface area contributed by atoms with E-state index >= 15 is 0 Å². The van der Waals surface area contributed by atoms with Crippen LogP contribution in [0.15, 0.2) is 12.1 Å². The Morgan fingerprint density at radius 2 is 2.31 bits per heavy atom. The molecule has 1 nitrogen and oxygen atoms in total. The lowest BCUT2D eigenvalue weighted by Gasteiger charge is -2.24. The second-order valence-corrected chi connectivity index (χ2v) is 3.90. The van der Waals surface area contributed by atoms with Gasteiger partial charge >= 0.3 is 0 Å². The van der Waals surface area contributed by atoms with Crippen molar-refractivity contribution in [3.63, 3.8) is 0 Å². The minimum absolute atomic E-state index is 0.242. The van der Waals surface area contributed by atoms with E-state index in [0.717, 1.165) is 18.5 Å². The fraction of sp³-hybridized carbons (Fsp3) is 0.400. The van der Waals surface area contributed by atoms with E-state index in [1.165, 1.54) is 6.07 Å². The van der Waals surface area contributed by atoms with Crippen molar-refractivity contribution in [1.29, 1.82) is 0 Å². The highest BCUT2D eigenvalue weighted by molar-refractivity contribution is 6.30. The smallest absolute Gasteiger partial charge is 0.148 e. The highest BCUT2D eigenvalue weighted by Gasteiger charge is 2.19. The van der Waals surface area contributed by atoms with Crippen LogP contribution in [0.1, 0.15) is 24.8 Å². The van der Waals surface area contributed by atoms with Crippen molar-refractivity contribution < 1.29 is 4.39 Å². The van der Waals surface area contributed by atoms with Crippen molar-refractivity contribution in [2.45, 2.75) is 19.3 Å². The molecule has 1 heterocycles. The normalized spacial score (nSPS) is 20.7. The van der Waals surface area contributed by atoms with Gasteiger partial charge in [0.15, 0.2) is 0 Å². The molecule has 0 saturated carbocycles. The minimum Gasteiger partial charge on any atom is -0.382 e. The Hall–Kier alpha value is -0.760. The van der Waals surface area contributed by atoms with Gasteiger partial charge in [-0.2, -0.15) is 0 Å². The largest absolute Gasteiger partial charge is 0.382 e. The summed E-state index contributed by atoms with van der Waals surface area (Å²) in [6.45, 7) is 2.93. The van der Waals surface area contributed by atoms with Gasteiger partial charge in [-0.15, -0.1) is 0 Å². The van der Waals surface area contributed by atoms with Crippen LogP contribution in [0.2, 0.25) is 5.02 Å². The number of hydrogen-bond donors (Lipinski definition) is 1. The van der Waals surface area contributed by atoms with Gasteiger partial charge in [0.05, 0.1) is 5.69 Å². The summed E-state index contributed by atoms with van der Waals surface area (Å²) in [6.07, 6.45) is 1.03. The quantitative estimate of drug-likeness (QED) is 0.676. The molecule has 1 N–H and O–H groups in total. The molecule has 0 aromatic heterocycles. The Bertz CT molecular complexity index is 338. The lowest BCUT2D eigenvalue weighted by atomic mass is 9.93. The monoisotopic (exact) mass is 199 g/mol. The van der Waals surface area contributed by atoms with Crippen molar-refractivity contribution in [1.82, 2.24) is 0 Å². The molecule has 1 atom stereocenters. The average Bonchev–Trinajstić information content (AvgIpc) is 2.07. The van der Waals surface area contributed by atoms with E-state index in [-0.39, 0.29) is 5.82 Å². The molecule has 2 rings (SSSR count). The maximum Gasteiger partial charge on any atom is 0.148 e. The number of anilines is 1. The van der Waals surface area contributed by atoms with Crippen LogP contribution in [0.5, 0.6) is 0 Å². The van der Waals surface area contributed by atoms with E-state index in [2.05, 4.69) is 12.2 Å². The molecule has 70 valence electrons. The number of halogens is 2. The van der Waals surface area contributed by atoms with E-state index in [0.29, 0.717) is 16.6 Å². The Balaban J connectivity index is 2.56. The Morgan fingerprint density at radius 3 is 3.08 bits per heavy atom. The van der Waals surface area contributed by atoms with Gasteiger partial charge in [-0.25, -0.2) is 4.39 Å². The first-order valence-corrected chi connectivity index (χ1v) is 4.79. The van der Waals surface area contributed by atoms with Crippen molar-refractivity contribution in [2.24, 2.45) is 0 Å². The van der Waals surface area contributed by atoms with E-state index < -0.39 is 0 Å². The molecular weight excluding hydrogens is 189 g/mol. The minimum atomic E-state index is -0.242. The summed E-state index contributed by atoms with van der Waals surface area (Å²) in [4.78, 5) is 0. The van der Waals surface area contributed by atoms with Gasteiger partial charge in [0.2, 0.25) is 0 Å². The van der Waals surface area contributed by atoms with Gasteiger partial charge in [0, 0.05) is 11.6 Å². The molecule has 1 aliphatic rings. The van der Waals surface area contributed by atoms with Gasteiger partial charge < -0.3 is 5.32 Å². The summed E-state index contributed by atoms with van der Waals surface area (Å²) < 4.78 is 13.4. The van der Waals surface area contributed by atoms with Crippen LogP contribution in [-0.2, 0) is 0 Å². The second-order valence-electron chi connectivity index (χ2n) is 3.47. The molecule has 0 amide bonds. The van der Waals surface area contributed by atoms with Gasteiger partial charge in [0.1, 0.15) is 5.82 Å². The summed E-state index contributed by atoms with van der Waals surface area (Å²) >= 11 is 5.78. The molecule has 0 aliphatic carbocycles. The molecule has 1 aliphatic heterocycles. The fourth-order valence-corrected chi connectivity index (χ4v) is 1.95. The third-order valence-corrected chi connectivity index (χ3v) is 2.71. The van der Waals surface area contributed by atoms with E-state index in [9.17, 15) is 4.39 Å². The SMILES string of the molecule is CC1CCNc2c(F)cc(Cl)cc21. The summed E-state index contributed by atoms with van der Waals surface area (Å²) in [6, 6.07) is 3.20. The maximum absolute atomic E-state index is 13.4. The summed E-state index contributed by atoms with van der Waals surface area (Å²) in [5, 5.41) is 3.53. The van der Waals surface area contributed by atoms with Crippen LogP contribution in [0.4, 0.5) is 10.1 Å². The van der Waals surface area contributed by atoms with Crippen LogP contribution < -0.4 is 5.32 Å². The van der Waals surface area contributed by atoms with Crippen molar-refractivity contribution >= 4 is 17.3 Å². The summed E-state index contributed by atoms with van der Waals surface area (Å²) in [5.74, 6) is 0.151. The maximum atomic E-state index is 13.4. The first-order chi connectivity index (χ1) is 6.18. The van der Waals surface area contributed by atoms with Crippen molar-refractivity contribution in [3.8, 4) is 0 Å². The molecule has 13 heavy (non-hydrogen) atoms. The van der Waals surface area contributed by atoms with Crippen LogP contribution in [0, 0.1) is 5.82 Å². The molecule has 0 fully saturated rings. The zero-order valence-electron chi connectivity index (χ0n) is 7.40. The van der Waals surface area contributed by atoms with E-state index in [4.69, 9.17) is 11.6 Å². The fourth-order valence-electron chi connectivity index (χ4n) is 1.74. The molecule has 0 saturated heterocycles. The molecule has 0 bridgehead atoms. The average molecular weight is 200 g/mol. The number of hydrogen-bond acceptors (Lipinski definition) is 1. The Kier molecular flexibility index (Phi) is 2.16. The third-order valence-electron chi connectivity index (χ3n) is 2.50. The molecule has 0 spiro atoms. The number of benzene rings is 1. The summed E-state index contributed by atoms with van der Waals surface area (Å²) in [7, 11) is 0. The standard InChI is InChI=1S/C10H11ClFN/c1-6-2-3-13-10-8(6)4-7(11)5-9(10)12/h4-6,13H,2-3H2,1H3. The predicted molar refractivity (Wildman–Crippen MR) is 52.9 cm³/mol. The first kappa shape index (κ1) is 8.82. The van der Waals surface area contributed by atoms with Crippen molar-refractivity contribution in [3.05, 3.63) is 28.5 Å². The predicted octanol–water partition coefficient (Wildman–Crippen LogP) is 3.40.